The molecule has 0 radical (unpaired) electrons. The van der Waals surface area contributed by atoms with Crippen LogP contribution in [0.5, 0.6) is 0 Å². The molecular formula is C10H11NO2S. The maximum Gasteiger partial charge on any atom is 0.237 e. The largest absolute Gasteiger partial charge is 0.299 e. The summed E-state index contributed by atoms with van der Waals surface area (Å²) in [6.45, 7) is 1.40. The molecule has 0 aliphatic rings. The molecular weight excluding hydrogens is 198 g/mol. The summed E-state index contributed by atoms with van der Waals surface area (Å²) in [5.74, 6) is -0.387. The summed E-state index contributed by atoms with van der Waals surface area (Å²) in [7, 11) is 0. The van der Waals surface area contributed by atoms with Crippen LogP contribution in [0, 0.1) is 0 Å². The molecule has 0 aliphatic heterocycles. The number of benzene rings is 1. The van der Waals surface area contributed by atoms with E-state index in [1.807, 2.05) is 30.3 Å². The second-order valence-electron chi connectivity index (χ2n) is 2.82. The third-order valence-corrected chi connectivity index (χ3v) is 2.27. The van der Waals surface area contributed by atoms with E-state index in [-0.39, 0.29) is 18.1 Å². The Kier molecular flexibility index (Phi) is 4.19. The third kappa shape index (κ3) is 4.09. The average molecular weight is 209 g/mol. The van der Waals surface area contributed by atoms with Gasteiger partial charge < -0.3 is 0 Å². The van der Waals surface area contributed by atoms with E-state index in [1.54, 1.807) is 0 Å². The second-order valence-corrected chi connectivity index (χ2v) is 3.70. The van der Waals surface area contributed by atoms with Gasteiger partial charge in [0.15, 0.2) is 0 Å². The first-order chi connectivity index (χ1) is 6.68. The molecule has 0 unspecified atom stereocenters. The molecule has 0 aromatic heterocycles. The minimum atomic E-state index is -0.258. The zero-order valence-corrected chi connectivity index (χ0v) is 8.64. The number of hydrogen-bond donors (Lipinski definition) is 1. The maximum absolute atomic E-state index is 11.1. The van der Waals surface area contributed by atoms with Crippen molar-refractivity contribution in [2.24, 2.45) is 0 Å². The Morgan fingerprint density at radius 1 is 1.29 bits per heavy atom. The fourth-order valence-electron chi connectivity index (χ4n) is 0.867. The van der Waals surface area contributed by atoms with Gasteiger partial charge in [0.2, 0.25) is 5.91 Å². The van der Waals surface area contributed by atoms with Gasteiger partial charge in [-0.25, -0.2) is 0 Å². The normalized spacial score (nSPS) is 9.50. The third-order valence-electron chi connectivity index (χ3n) is 1.44. The number of rotatable bonds is 4. The van der Waals surface area contributed by atoms with Crippen LogP contribution in [0.3, 0.4) is 0 Å². The number of nitrogens with one attached hydrogen (secondary N) is 1. The second kappa shape index (κ2) is 5.44. The summed E-state index contributed by atoms with van der Waals surface area (Å²) in [4.78, 5) is 22.6. The summed E-state index contributed by atoms with van der Waals surface area (Å²) in [6, 6.07) is 9.46. The maximum atomic E-state index is 11.1. The zero-order valence-electron chi connectivity index (χ0n) is 7.82. The molecule has 1 rings (SSSR count). The van der Waals surface area contributed by atoms with Crippen LogP contribution >= 0.6 is 11.9 Å². The lowest BCUT2D eigenvalue weighted by Crippen LogP contribution is -2.17. The van der Waals surface area contributed by atoms with E-state index in [0.29, 0.717) is 0 Å². The van der Waals surface area contributed by atoms with E-state index in [9.17, 15) is 9.59 Å². The van der Waals surface area contributed by atoms with Crippen molar-refractivity contribution in [3.8, 4) is 0 Å². The molecule has 0 atom stereocenters. The van der Waals surface area contributed by atoms with Crippen LogP contribution in [-0.4, -0.2) is 11.7 Å². The van der Waals surface area contributed by atoms with Crippen molar-refractivity contribution >= 4 is 23.6 Å². The Balaban J connectivity index is 2.34. The molecule has 0 saturated carbocycles. The Labute approximate surface area is 87.0 Å². The summed E-state index contributed by atoms with van der Waals surface area (Å²) in [6.07, 6.45) is -0.0557. The highest BCUT2D eigenvalue weighted by atomic mass is 32.2. The first-order valence-corrected chi connectivity index (χ1v) is 5.00. The van der Waals surface area contributed by atoms with Crippen LogP contribution in [0.1, 0.15) is 13.3 Å². The van der Waals surface area contributed by atoms with Gasteiger partial charge in [-0.1, -0.05) is 18.2 Å². The fraction of sp³-hybridized carbons (Fsp3) is 0.200. The molecule has 1 aromatic rings. The number of carbonyl (C=O) groups is 2. The van der Waals surface area contributed by atoms with Crippen molar-refractivity contribution < 1.29 is 9.59 Å². The highest BCUT2D eigenvalue weighted by Gasteiger charge is 2.04. The van der Waals surface area contributed by atoms with E-state index in [2.05, 4.69) is 4.72 Å². The number of Topliss-reactive ketones (excluding diaryl/α,β-unsaturated/α-hetero) is 1. The topological polar surface area (TPSA) is 46.2 Å². The van der Waals surface area contributed by atoms with Crippen molar-refractivity contribution in [3.05, 3.63) is 30.3 Å². The SMILES string of the molecule is CC(=O)CC(=O)NSc1ccccc1. The molecule has 0 fully saturated rings. The lowest BCUT2D eigenvalue weighted by atomic mass is 10.3. The molecule has 1 amide bonds. The van der Waals surface area contributed by atoms with Crippen molar-refractivity contribution in [2.75, 3.05) is 0 Å². The van der Waals surface area contributed by atoms with E-state index >= 15 is 0 Å². The number of carbonyl (C=O) groups excluding carboxylic acids is 2. The Hall–Kier alpha value is -1.29. The Morgan fingerprint density at radius 3 is 2.50 bits per heavy atom. The van der Waals surface area contributed by atoms with Crippen LogP contribution in [0.25, 0.3) is 0 Å². The lowest BCUT2D eigenvalue weighted by molar-refractivity contribution is -0.125. The summed E-state index contributed by atoms with van der Waals surface area (Å²) in [5, 5.41) is 0. The first kappa shape index (κ1) is 10.8. The molecule has 0 saturated heterocycles. The monoisotopic (exact) mass is 209 g/mol. The van der Waals surface area contributed by atoms with Crippen LogP contribution in [0.4, 0.5) is 0 Å². The van der Waals surface area contributed by atoms with Gasteiger partial charge in [-0.3, -0.25) is 14.3 Å². The first-order valence-electron chi connectivity index (χ1n) is 4.18. The lowest BCUT2D eigenvalue weighted by Gasteiger charge is -2.01. The molecule has 0 bridgehead atoms. The number of amides is 1. The summed E-state index contributed by atoms with van der Waals surface area (Å²) < 4.78 is 2.59. The number of hydrogen-bond acceptors (Lipinski definition) is 3. The summed E-state index contributed by atoms with van der Waals surface area (Å²) >= 11 is 1.22. The predicted octanol–water partition coefficient (Wildman–Crippen LogP) is 1.79. The Morgan fingerprint density at radius 2 is 1.93 bits per heavy atom. The fourth-order valence-corrected chi connectivity index (χ4v) is 1.46. The van der Waals surface area contributed by atoms with Gasteiger partial charge in [-0.05, 0) is 31.0 Å². The highest BCUT2D eigenvalue weighted by Crippen LogP contribution is 2.12. The highest BCUT2D eigenvalue weighted by molar-refractivity contribution is 7.98. The molecule has 0 heterocycles. The van der Waals surface area contributed by atoms with Crippen LogP contribution in [0.2, 0.25) is 0 Å². The van der Waals surface area contributed by atoms with Gasteiger partial charge in [0.25, 0.3) is 0 Å². The van der Waals surface area contributed by atoms with Crippen LogP contribution in [-0.2, 0) is 9.59 Å². The molecule has 0 spiro atoms. The van der Waals surface area contributed by atoms with Crippen LogP contribution in [0.15, 0.2) is 35.2 Å². The van der Waals surface area contributed by atoms with Gasteiger partial charge in [0, 0.05) is 4.90 Å². The smallest absolute Gasteiger partial charge is 0.237 e. The predicted molar refractivity (Wildman–Crippen MR) is 55.7 cm³/mol. The van der Waals surface area contributed by atoms with Gasteiger partial charge in [-0.15, -0.1) is 0 Å². The number of ketones is 1. The molecule has 74 valence electrons. The van der Waals surface area contributed by atoms with E-state index in [4.69, 9.17) is 0 Å². The van der Waals surface area contributed by atoms with Crippen molar-refractivity contribution in [2.45, 2.75) is 18.2 Å². The molecule has 1 aromatic carbocycles. The van der Waals surface area contributed by atoms with Crippen molar-refractivity contribution in [1.29, 1.82) is 0 Å². The summed E-state index contributed by atoms with van der Waals surface area (Å²) in [5.41, 5.74) is 0. The van der Waals surface area contributed by atoms with Gasteiger partial charge in [0.1, 0.15) is 5.78 Å². The minimum Gasteiger partial charge on any atom is -0.299 e. The van der Waals surface area contributed by atoms with Crippen molar-refractivity contribution in [1.82, 2.24) is 4.72 Å². The zero-order chi connectivity index (χ0) is 10.4. The van der Waals surface area contributed by atoms with E-state index in [0.717, 1.165) is 4.90 Å². The van der Waals surface area contributed by atoms with Gasteiger partial charge in [-0.2, -0.15) is 0 Å². The van der Waals surface area contributed by atoms with Gasteiger partial charge in [0.05, 0.1) is 6.42 Å². The van der Waals surface area contributed by atoms with Gasteiger partial charge >= 0.3 is 0 Å². The standard InChI is InChI=1S/C10H11NO2S/c1-8(12)7-10(13)11-14-9-5-3-2-4-6-9/h2-6H,7H2,1H3,(H,11,13). The quantitative estimate of drug-likeness (QED) is 0.607. The van der Waals surface area contributed by atoms with Crippen molar-refractivity contribution in [3.63, 3.8) is 0 Å². The minimum absolute atomic E-state index is 0.0557. The molecule has 3 nitrogen and oxygen atoms in total. The van der Waals surface area contributed by atoms with Crippen LogP contribution < -0.4 is 4.72 Å². The van der Waals surface area contributed by atoms with E-state index < -0.39 is 0 Å². The average Bonchev–Trinajstić information content (AvgIpc) is 2.15. The molecule has 0 aliphatic carbocycles. The molecule has 1 N–H and O–H groups in total. The molecule has 14 heavy (non-hydrogen) atoms. The Bertz CT molecular complexity index is 324. The molecule has 4 heteroatoms. The van der Waals surface area contributed by atoms with E-state index in [1.165, 1.54) is 18.9 Å².